The summed E-state index contributed by atoms with van der Waals surface area (Å²) in [6, 6.07) is 11.7. The van der Waals surface area contributed by atoms with Crippen molar-refractivity contribution < 1.29 is 18.0 Å². The number of piperidine rings is 1. The molecule has 0 saturated carbocycles. The molecule has 8 heteroatoms. The monoisotopic (exact) mass is 455 g/mol. The second kappa shape index (κ2) is 9.03. The lowest BCUT2D eigenvalue weighted by Crippen LogP contribution is -2.44. The Morgan fingerprint density at radius 2 is 1.72 bits per heavy atom. The number of carbonyl (C=O) groups is 2. The largest absolute Gasteiger partial charge is 0.324 e. The average molecular weight is 456 g/mol. The van der Waals surface area contributed by atoms with Crippen LogP contribution in [-0.2, 0) is 32.5 Å². The molecule has 0 radical (unpaired) electrons. The number of anilines is 2. The standard InChI is InChI=1S/C24H29N3O4S/c1-3-18-7-9-20(10-8-18)25-24(29)23-16-19-15-21(11-12-22(19)27(23)17(2)28)32(30,31)26-13-5-4-6-14-26/h7-12,15,23H,3-6,13-14,16H2,1-2H3,(H,25,29). The van der Waals surface area contributed by atoms with Gasteiger partial charge < -0.3 is 5.32 Å². The van der Waals surface area contributed by atoms with Crippen molar-refractivity contribution in [1.29, 1.82) is 0 Å². The molecule has 32 heavy (non-hydrogen) atoms. The van der Waals surface area contributed by atoms with Gasteiger partial charge in [-0.2, -0.15) is 4.31 Å². The fraction of sp³-hybridized carbons (Fsp3) is 0.417. The van der Waals surface area contributed by atoms with Crippen LogP contribution in [0.1, 0.15) is 44.2 Å². The summed E-state index contributed by atoms with van der Waals surface area (Å²) < 4.78 is 27.7. The van der Waals surface area contributed by atoms with Gasteiger partial charge in [-0.15, -0.1) is 0 Å². The number of amides is 2. The molecule has 2 amide bonds. The summed E-state index contributed by atoms with van der Waals surface area (Å²) in [6.07, 6.45) is 3.96. The van der Waals surface area contributed by atoms with E-state index in [-0.39, 0.29) is 23.1 Å². The van der Waals surface area contributed by atoms with Crippen LogP contribution in [0.15, 0.2) is 47.4 Å². The maximum absolute atomic E-state index is 13.1. The molecule has 1 fully saturated rings. The van der Waals surface area contributed by atoms with Gasteiger partial charge in [-0.3, -0.25) is 14.5 Å². The summed E-state index contributed by atoms with van der Waals surface area (Å²) >= 11 is 0. The van der Waals surface area contributed by atoms with Crippen LogP contribution < -0.4 is 10.2 Å². The molecule has 170 valence electrons. The number of rotatable bonds is 5. The zero-order valence-electron chi connectivity index (χ0n) is 18.5. The number of fused-ring (bicyclic) bond motifs is 1. The van der Waals surface area contributed by atoms with E-state index in [0.29, 0.717) is 30.0 Å². The number of hydrogen-bond donors (Lipinski definition) is 1. The number of carbonyl (C=O) groups excluding carboxylic acids is 2. The lowest BCUT2D eigenvalue weighted by molar-refractivity contribution is -0.122. The third kappa shape index (κ3) is 4.29. The van der Waals surface area contributed by atoms with Gasteiger partial charge in [-0.25, -0.2) is 8.42 Å². The first kappa shape index (κ1) is 22.5. The van der Waals surface area contributed by atoms with Crippen LogP contribution in [0.5, 0.6) is 0 Å². The van der Waals surface area contributed by atoms with E-state index in [1.54, 1.807) is 18.2 Å². The van der Waals surface area contributed by atoms with Crippen LogP contribution in [0.2, 0.25) is 0 Å². The Labute approximate surface area is 189 Å². The second-order valence-corrected chi connectivity index (χ2v) is 10.3. The van der Waals surface area contributed by atoms with Gasteiger partial charge in [0.05, 0.1) is 4.90 Å². The normalized spacial score (nSPS) is 18.9. The number of aryl methyl sites for hydroxylation is 1. The highest BCUT2D eigenvalue weighted by molar-refractivity contribution is 7.89. The molecule has 2 aromatic rings. The van der Waals surface area contributed by atoms with E-state index in [1.165, 1.54) is 21.7 Å². The minimum atomic E-state index is -3.58. The van der Waals surface area contributed by atoms with Crippen LogP contribution in [0, 0.1) is 0 Å². The Bertz CT molecular complexity index is 1120. The van der Waals surface area contributed by atoms with Crippen LogP contribution >= 0.6 is 0 Å². The van der Waals surface area contributed by atoms with E-state index >= 15 is 0 Å². The first-order chi connectivity index (χ1) is 15.3. The van der Waals surface area contributed by atoms with Crippen molar-refractivity contribution in [2.45, 2.75) is 56.9 Å². The molecule has 0 bridgehead atoms. The Kier molecular flexibility index (Phi) is 6.35. The molecule has 0 aliphatic carbocycles. The molecular formula is C24H29N3O4S. The maximum atomic E-state index is 13.1. The summed E-state index contributed by atoms with van der Waals surface area (Å²) in [7, 11) is -3.58. The van der Waals surface area contributed by atoms with Gasteiger partial charge in [-0.05, 0) is 60.7 Å². The summed E-state index contributed by atoms with van der Waals surface area (Å²) in [6.45, 7) is 4.54. The van der Waals surface area contributed by atoms with E-state index in [1.807, 2.05) is 24.3 Å². The molecule has 4 rings (SSSR count). The van der Waals surface area contributed by atoms with Gasteiger partial charge in [0, 0.05) is 37.8 Å². The molecule has 2 aliphatic heterocycles. The lowest BCUT2D eigenvalue weighted by atomic mass is 10.1. The highest BCUT2D eigenvalue weighted by atomic mass is 32.2. The number of benzene rings is 2. The Morgan fingerprint density at radius 3 is 2.34 bits per heavy atom. The van der Waals surface area contributed by atoms with Crippen molar-refractivity contribution in [2.75, 3.05) is 23.3 Å². The Balaban J connectivity index is 1.58. The molecule has 2 aliphatic rings. The van der Waals surface area contributed by atoms with E-state index in [0.717, 1.165) is 25.7 Å². The highest BCUT2D eigenvalue weighted by Crippen LogP contribution is 2.35. The summed E-state index contributed by atoms with van der Waals surface area (Å²) in [5, 5.41) is 2.89. The number of nitrogens with zero attached hydrogens (tertiary/aromatic N) is 2. The van der Waals surface area contributed by atoms with Crippen molar-refractivity contribution in [2.24, 2.45) is 0 Å². The molecule has 0 spiro atoms. The van der Waals surface area contributed by atoms with E-state index in [4.69, 9.17) is 0 Å². The average Bonchev–Trinajstić information content (AvgIpc) is 3.19. The van der Waals surface area contributed by atoms with Gasteiger partial charge in [0.2, 0.25) is 21.8 Å². The topological polar surface area (TPSA) is 86.8 Å². The molecule has 2 aromatic carbocycles. The van der Waals surface area contributed by atoms with Gasteiger partial charge in [0.1, 0.15) is 6.04 Å². The van der Waals surface area contributed by atoms with Crippen molar-refractivity contribution in [3.8, 4) is 0 Å². The Hall–Kier alpha value is -2.71. The first-order valence-corrected chi connectivity index (χ1v) is 12.6. The molecule has 1 N–H and O–H groups in total. The Morgan fingerprint density at radius 1 is 1.03 bits per heavy atom. The van der Waals surface area contributed by atoms with Crippen LogP contribution in [0.25, 0.3) is 0 Å². The molecule has 1 atom stereocenters. The van der Waals surface area contributed by atoms with Crippen LogP contribution in [0.4, 0.5) is 11.4 Å². The van der Waals surface area contributed by atoms with Gasteiger partial charge in [-0.1, -0.05) is 25.5 Å². The van der Waals surface area contributed by atoms with Crippen LogP contribution in [0.3, 0.4) is 0 Å². The second-order valence-electron chi connectivity index (χ2n) is 8.40. The highest BCUT2D eigenvalue weighted by Gasteiger charge is 2.38. The van der Waals surface area contributed by atoms with Crippen LogP contribution in [-0.4, -0.2) is 43.7 Å². The van der Waals surface area contributed by atoms with E-state index in [9.17, 15) is 18.0 Å². The molecule has 1 saturated heterocycles. The van der Waals surface area contributed by atoms with Crippen molar-refractivity contribution in [3.63, 3.8) is 0 Å². The quantitative estimate of drug-likeness (QED) is 0.749. The summed E-state index contributed by atoms with van der Waals surface area (Å²) in [5.41, 5.74) is 3.13. The zero-order chi connectivity index (χ0) is 22.9. The van der Waals surface area contributed by atoms with E-state index in [2.05, 4.69) is 12.2 Å². The minimum absolute atomic E-state index is 0.220. The summed E-state index contributed by atoms with van der Waals surface area (Å²) in [4.78, 5) is 27.1. The third-order valence-electron chi connectivity index (χ3n) is 6.26. The zero-order valence-corrected chi connectivity index (χ0v) is 19.3. The number of nitrogens with one attached hydrogen (secondary N) is 1. The molecule has 2 heterocycles. The number of sulfonamides is 1. The fourth-order valence-corrected chi connectivity index (χ4v) is 6.06. The fourth-order valence-electron chi connectivity index (χ4n) is 4.49. The summed E-state index contributed by atoms with van der Waals surface area (Å²) in [5.74, 6) is -0.544. The maximum Gasteiger partial charge on any atom is 0.247 e. The molecular weight excluding hydrogens is 426 g/mol. The number of hydrogen-bond acceptors (Lipinski definition) is 4. The van der Waals surface area contributed by atoms with E-state index < -0.39 is 16.1 Å². The van der Waals surface area contributed by atoms with Gasteiger partial charge in [0.15, 0.2) is 0 Å². The predicted molar refractivity (Wildman–Crippen MR) is 124 cm³/mol. The third-order valence-corrected chi connectivity index (χ3v) is 8.15. The van der Waals surface area contributed by atoms with Crippen molar-refractivity contribution >= 4 is 33.2 Å². The van der Waals surface area contributed by atoms with Crippen molar-refractivity contribution in [1.82, 2.24) is 4.31 Å². The van der Waals surface area contributed by atoms with Crippen molar-refractivity contribution in [3.05, 3.63) is 53.6 Å². The van der Waals surface area contributed by atoms with Gasteiger partial charge in [0.25, 0.3) is 0 Å². The lowest BCUT2D eigenvalue weighted by Gasteiger charge is -2.26. The predicted octanol–water partition coefficient (Wildman–Crippen LogP) is 3.34. The van der Waals surface area contributed by atoms with Gasteiger partial charge >= 0.3 is 0 Å². The minimum Gasteiger partial charge on any atom is -0.324 e. The molecule has 7 nitrogen and oxygen atoms in total. The molecule has 0 aromatic heterocycles. The molecule has 1 unspecified atom stereocenters. The smallest absolute Gasteiger partial charge is 0.247 e. The first-order valence-electron chi connectivity index (χ1n) is 11.1. The SMILES string of the molecule is CCc1ccc(NC(=O)C2Cc3cc(S(=O)(=O)N4CCCCC4)ccc3N2C(C)=O)cc1.